The highest BCUT2D eigenvalue weighted by Gasteiger charge is 2.01. The summed E-state index contributed by atoms with van der Waals surface area (Å²) in [6, 6.07) is 10.3. The van der Waals surface area contributed by atoms with E-state index in [4.69, 9.17) is 0 Å². The van der Waals surface area contributed by atoms with Crippen LogP contribution < -0.4 is 5.32 Å². The van der Waals surface area contributed by atoms with Gasteiger partial charge in [-0.3, -0.25) is 0 Å². The van der Waals surface area contributed by atoms with Crippen LogP contribution in [0.15, 0.2) is 35.5 Å². The van der Waals surface area contributed by atoms with Gasteiger partial charge in [-0.15, -0.1) is 0 Å². The molecule has 0 atom stereocenters. The van der Waals surface area contributed by atoms with Gasteiger partial charge in [0.2, 0.25) is 10.3 Å². The Morgan fingerprint density at radius 1 is 1.33 bits per heavy atom. The second-order valence-electron chi connectivity index (χ2n) is 2.93. The first kappa shape index (κ1) is 10.4. The molecule has 1 aromatic heterocycles. The highest BCUT2D eigenvalue weighted by Crippen LogP contribution is 2.18. The first-order valence-corrected chi connectivity index (χ1v) is 6.54. The molecule has 0 aliphatic heterocycles. The molecule has 1 heterocycles. The van der Waals surface area contributed by atoms with Crippen molar-refractivity contribution in [2.45, 2.75) is 11.7 Å². The van der Waals surface area contributed by atoms with Crippen LogP contribution in [0.1, 0.15) is 5.56 Å². The van der Waals surface area contributed by atoms with Crippen LogP contribution in [0.5, 0.6) is 0 Å². The third kappa shape index (κ3) is 2.94. The van der Waals surface area contributed by atoms with E-state index < -0.39 is 0 Å². The lowest BCUT2D eigenvalue weighted by molar-refractivity contribution is 1.05. The molecule has 0 saturated carbocycles. The van der Waals surface area contributed by atoms with Crippen molar-refractivity contribution in [3.05, 3.63) is 35.9 Å². The van der Waals surface area contributed by atoms with Crippen LogP contribution in [-0.4, -0.2) is 15.6 Å². The smallest absolute Gasteiger partial charge is 0.203 e. The molecule has 2 aromatic rings. The van der Waals surface area contributed by atoms with Gasteiger partial charge in [-0.05, 0) is 11.8 Å². The van der Waals surface area contributed by atoms with Crippen molar-refractivity contribution in [2.75, 3.05) is 11.6 Å². The van der Waals surface area contributed by atoms with Gasteiger partial charge < -0.3 is 5.32 Å². The topological polar surface area (TPSA) is 37.8 Å². The molecule has 5 heteroatoms. The molecular formula is C10H11N3S2. The Morgan fingerprint density at radius 3 is 2.80 bits per heavy atom. The lowest BCUT2D eigenvalue weighted by Gasteiger charge is -2.00. The van der Waals surface area contributed by atoms with Gasteiger partial charge in [0.25, 0.3) is 0 Å². The van der Waals surface area contributed by atoms with E-state index in [9.17, 15) is 0 Å². The molecule has 78 valence electrons. The lowest BCUT2D eigenvalue weighted by Crippen LogP contribution is -1.98. The fraction of sp³-hybridized carbons (Fsp3) is 0.200. The number of nitrogens with one attached hydrogen (secondary N) is 1. The van der Waals surface area contributed by atoms with Crippen molar-refractivity contribution in [2.24, 2.45) is 0 Å². The minimum atomic E-state index is 0.795. The Kier molecular flexibility index (Phi) is 3.58. The average Bonchev–Trinajstić information content (AvgIpc) is 2.76. The molecule has 2 rings (SSSR count). The van der Waals surface area contributed by atoms with Gasteiger partial charge in [-0.1, -0.05) is 42.1 Å². The maximum atomic E-state index is 4.30. The first-order valence-electron chi connectivity index (χ1n) is 4.54. The summed E-state index contributed by atoms with van der Waals surface area (Å²) in [5, 5.41) is 4.95. The Balaban J connectivity index is 1.93. The summed E-state index contributed by atoms with van der Waals surface area (Å²) in [4.78, 5) is 4.30. The van der Waals surface area contributed by atoms with Gasteiger partial charge in [0.1, 0.15) is 0 Å². The van der Waals surface area contributed by atoms with Crippen LogP contribution in [0.3, 0.4) is 0 Å². The minimum absolute atomic E-state index is 0.795. The van der Waals surface area contributed by atoms with E-state index in [2.05, 4.69) is 26.8 Å². The fourth-order valence-electron chi connectivity index (χ4n) is 1.14. The molecule has 0 fully saturated rings. The highest BCUT2D eigenvalue weighted by molar-refractivity contribution is 7.98. The van der Waals surface area contributed by atoms with E-state index in [-0.39, 0.29) is 0 Å². The van der Waals surface area contributed by atoms with Gasteiger partial charge >= 0.3 is 0 Å². The summed E-state index contributed by atoms with van der Waals surface area (Å²) in [7, 11) is 0. The Labute approximate surface area is 97.1 Å². The Bertz CT molecular complexity index is 414. The number of benzene rings is 1. The van der Waals surface area contributed by atoms with Gasteiger partial charge in [-0.2, -0.15) is 9.36 Å². The van der Waals surface area contributed by atoms with Crippen LogP contribution >= 0.6 is 23.3 Å². The van der Waals surface area contributed by atoms with Gasteiger partial charge in [0.05, 0.1) is 0 Å². The third-order valence-electron chi connectivity index (χ3n) is 1.88. The highest BCUT2D eigenvalue weighted by atomic mass is 32.2. The number of hydrogen-bond acceptors (Lipinski definition) is 5. The van der Waals surface area contributed by atoms with Gasteiger partial charge in [-0.25, -0.2) is 0 Å². The SMILES string of the molecule is CSc1nsc(NCc2ccccc2)n1. The fourth-order valence-corrected chi connectivity index (χ4v) is 2.26. The van der Waals surface area contributed by atoms with Crippen molar-refractivity contribution in [1.29, 1.82) is 0 Å². The molecule has 15 heavy (non-hydrogen) atoms. The number of thioether (sulfide) groups is 1. The molecule has 0 spiro atoms. The molecule has 3 nitrogen and oxygen atoms in total. The zero-order chi connectivity index (χ0) is 10.5. The van der Waals surface area contributed by atoms with E-state index in [1.807, 2.05) is 24.5 Å². The predicted molar refractivity (Wildman–Crippen MR) is 65.5 cm³/mol. The monoisotopic (exact) mass is 237 g/mol. The molecule has 1 aromatic carbocycles. The number of aromatic nitrogens is 2. The summed E-state index contributed by atoms with van der Waals surface area (Å²) in [6.07, 6.45) is 1.98. The second-order valence-corrected chi connectivity index (χ2v) is 4.45. The summed E-state index contributed by atoms with van der Waals surface area (Å²) in [5.74, 6) is 0. The zero-order valence-corrected chi connectivity index (χ0v) is 9.94. The molecule has 0 aliphatic carbocycles. The molecule has 0 amide bonds. The summed E-state index contributed by atoms with van der Waals surface area (Å²) in [5.41, 5.74) is 1.25. The van der Waals surface area contributed by atoms with Crippen LogP contribution in [0.25, 0.3) is 0 Å². The van der Waals surface area contributed by atoms with Crippen molar-refractivity contribution in [3.8, 4) is 0 Å². The van der Waals surface area contributed by atoms with Crippen LogP contribution in [0.2, 0.25) is 0 Å². The lowest BCUT2D eigenvalue weighted by atomic mass is 10.2. The number of hydrogen-bond donors (Lipinski definition) is 1. The quantitative estimate of drug-likeness (QED) is 0.830. The average molecular weight is 237 g/mol. The number of anilines is 1. The van der Waals surface area contributed by atoms with Gasteiger partial charge in [0.15, 0.2) is 0 Å². The number of rotatable bonds is 4. The van der Waals surface area contributed by atoms with Crippen molar-refractivity contribution >= 4 is 28.4 Å². The van der Waals surface area contributed by atoms with E-state index in [0.29, 0.717) is 0 Å². The molecule has 0 bridgehead atoms. The summed E-state index contributed by atoms with van der Waals surface area (Å²) < 4.78 is 4.18. The van der Waals surface area contributed by atoms with Crippen molar-refractivity contribution in [1.82, 2.24) is 9.36 Å². The van der Waals surface area contributed by atoms with Crippen LogP contribution in [0, 0.1) is 0 Å². The molecular weight excluding hydrogens is 226 g/mol. The van der Waals surface area contributed by atoms with E-state index >= 15 is 0 Å². The normalized spacial score (nSPS) is 10.2. The molecule has 1 N–H and O–H groups in total. The van der Waals surface area contributed by atoms with Crippen molar-refractivity contribution in [3.63, 3.8) is 0 Å². The van der Waals surface area contributed by atoms with E-state index in [1.54, 1.807) is 11.8 Å². The second kappa shape index (κ2) is 5.14. The standard InChI is InChI=1S/C10H11N3S2/c1-14-10-12-9(15-13-10)11-7-8-5-3-2-4-6-8/h2-6H,7H2,1H3,(H,11,12,13). The summed E-state index contributed by atoms with van der Waals surface area (Å²) >= 11 is 2.96. The van der Waals surface area contributed by atoms with Crippen molar-refractivity contribution < 1.29 is 0 Å². The Hall–Kier alpha value is -1.07. The largest absolute Gasteiger partial charge is 0.356 e. The molecule has 0 unspecified atom stereocenters. The van der Waals surface area contributed by atoms with E-state index in [1.165, 1.54) is 17.1 Å². The third-order valence-corrected chi connectivity index (χ3v) is 3.21. The zero-order valence-electron chi connectivity index (χ0n) is 8.30. The maximum absolute atomic E-state index is 4.30. The molecule has 0 saturated heterocycles. The summed E-state index contributed by atoms with van der Waals surface area (Å²) in [6.45, 7) is 0.795. The van der Waals surface area contributed by atoms with Gasteiger partial charge in [0, 0.05) is 18.1 Å². The van der Waals surface area contributed by atoms with Crippen LogP contribution in [0.4, 0.5) is 5.13 Å². The van der Waals surface area contributed by atoms with E-state index in [0.717, 1.165) is 16.8 Å². The number of nitrogens with zero attached hydrogens (tertiary/aromatic N) is 2. The van der Waals surface area contributed by atoms with Crippen LogP contribution in [-0.2, 0) is 6.54 Å². The molecule has 0 aliphatic rings. The predicted octanol–water partition coefficient (Wildman–Crippen LogP) is 2.87. The maximum Gasteiger partial charge on any atom is 0.203 e. The first-order chi connectivity index (χ1) is 7.38. The Morgan fingerprint density at radius 2 is 2.13 bits per heavy atom. The minimum Gasteiger partial charge on any atom is -0.356 e. The molecule has 0 radical (unpaired) electrons.